The van der Waals surface area contributed by atoms with Crippen molar-refractivity contribution in [2.24, 2.45) is 0 Å². The van der Waals surface area contributed by atoms with Crippen LogP contribution in [0.25, 0.3) is 0 Å². The van der Waals surface area contributed by atoms with E-state index in [4.69, 9.17) is 0 Å². The normalized spacial score (nSPS) is 10.4. The highest BCUT2D eigenvalue weighted by Gasteiger charge is 2.12. The summed E-state index contributed by atoms with van der Waals surface area (Å²) in [7, 11) is 0. The average Bonchev–Trinajstić information content (AvgIpc) is 2.30. The van der Waals surface area contributed by atoms with Gasteiger partial charge in [0.15, 0.2) is 11.6 Å². The molecule has 1 aromatic rings. The highest BCUT2D eigenvalue weighted by Crippen LogP contribution is 2.11. The van der Waals surface area contributed by atoms with Crippen LogP contribution in [0.1, 0.15) is 18.9 Å². The number of hydrogen-bond donors (Lipinski definition) is 0. The maximum Gasteiger partial charge on any atom is 0.223 e. The Kier molecular flexibility index (Phi) is 5.55. The highest BCUT2D eigenvalue weighted by molar-refractivity contribution is 9.09. The molecular weight excluding hydrogens is 292 g/mol. The maximum absolute atomic E-state index is 13.0. The minimum atomic E-state index is -0.883. The summed E-state index contributed by atoms with van der Waals surface area (Å²) in [5, 5.41) is 0.597. The molecule has 5 heteroatoms. The first-order chi connectivity index (χ1) is 8.08. The van der Waals surface area contributed by atoms with Gasteiger partial charge in [-0.15, -0.1) is 0 Å². The molecule has 0 aromatic heterocycles. The Bertz CT molecular complexity index is 398. The van der Waals surface area contributed by atoms with E-state index in [9.17, 15) is 13.6 Å². The summed E-state index contributed by atoms with van der Waals surface area (Å²) in [6.07, 6.45) is 0.400. The lowest BCUT2D eigenvalue weighted by Crippen LogP contribution is -2.30. The quantitative estimate of drug-likeness (QED) is 0.766. The van der Waals surface area contributed by atoms with Crippen LogP contribution in [0, 0.1) is 11.6 Å². The van der Waals surface area contributed by atoms with E-state index in [1.54, 1.807) is 4.90 Å². The van der Waals surface area contributed by atoms with Crippen molar-refractivity contribution in [2.45, 2.75) is 19.9 Å². The Balaban J connectivity index is 2.73. The number of rotatable bonds is 5. The van der Waals surface area contributed by atoms with Crippen LogP contribution in [0.3, 0.4) is 0 Å². The van der Waals surface area contributed by atoms with Crippen LogP contribution in [0.4, 0.5) is 8.78 Å². The number of carbonyl (C=O) groups excluding carboxylic acids is 1. The van der Waals surface area contributed by atoms with Crippen molar-refractivity contribution in [2.75, 3.05) is 11.9 Å². The van der Waals surface area contributed by atoms with Gasteiger partial charge < -0.3 is 4.90 Å². The number of carbonyl (C=O) groups is 1. The number of hydrogen-bond acceptors (Lipinski definition) is 1. The SMILES string of the molecule is CCN(Cc1ccc(F)c(F)c1)C(=O)CCBr. The third kappa shape index (κ3) is 4.07. The van der Waals surface area contributed by atoms with Gasteiger partial charge in [0.05, 0.1) is 0 Å². The second kappa shape index (κ2) is 6.69. The van der Waals surface area contributed by atoms with Crippen molar-refractivity contribution in [1.29, 1.82) is 0 Å². The molecule has 0 unspecified atom stereocenters. The summed E-state index contributed by atoms with van der Waals surface area (Å²) in [4.78, 5) is 13.3. The average molecular weight is 306 g/mol. The Morgan fingerprint density at radius 2 is 2.06 bits per heavy atom. The second-order valence-corrected chi connectivity index (χ2v) is 4.39. The molecule has 0 aliphatic carbocycles. The first kappa shape index (κ1) is 14.1. The van der Waals surface area contributed by atoms with Crippen molar-refractivity contribution >= 4 is 21.8 Å². The van der Waals surface area contributed by atoms with E-state index in [2.05, 4.69) is 15.9 Å². The molecule has 17 heavy (non-hydrogen) atoms. The molecule has 0 aliphatic rings. The summed E-state index contributed by atoms with van der Waals surface area (Å²) in [6.45, 7) is 2.70. The number of nitrogens with zero attached hydrogens (tertiary/aromatic N) is 1. The Hall–Kier alpha value is -0.970. The van der Waals surface area contributed by atoms with Crippen molar-refractivity contribution < 1.29 is 13.6 Å². The molecule has 0 heterocycles. The molecular formula is C12H14BrF2NO. The van der Waals surface area contributed by atoms with Crippen LogP contribution in [0.2, 0.25) is 0 Å². The minimum Gasteiger partial charge on any atom is -0.339 e. The van der Waals surface area contributed by atoms with Crippen LogP contribution in [-0.4, -0.2) is 22.7 Å². The standard InChI is InChI=1S/C12H14BrF2NO/c1-2-16(12(17)5-6-13)8-9-3-4-10(14)11(15)7-9/h3-4,7H,2,5-6,8H2,1H3. The third-order valence-electron chi connectivity index (χ3n) is 2.40. The van der Waals surface area contributed by atoms with Crippen molar-refractivity contribution in [3.63, 3.8) is 0 Å². The molecule has 0 spiro atoms. The van der Waals surface area contributed by atoms with E-state index in [-0.39, 0.29) is 5.91 Å². The van der Waals surface area contributed by atoms with Gasteiger partial charge in [0.2, 0.25) is 5.91 Å². The van der Waals surface area contributed by atoms with E-state index >= 15 is 0 Å². The molecule has 1 amide bonds. The molecule has 0 N–H and O–H groups in total. The van der Waals surface area contributed by atoms with Crippen LogP contribution in [0.5, 0.6) is 0 Å². The summed E-state index contributed by atoms with van der Waals surface area (Å²) in [6, 6.07) is 3.69. The van der Waals surface area contributed by atoms with Crippen LogP contribution >= 0.6 is 15.9 Å². The second-order valence-electron chi connectivity index (χ2n) is 3.60. The number of halogens is 3. The Morgan fingerprint density at radius 1 is 1.35 bits per heavy atom. The van der Waals surface area contributed by atoms with E-state index in [1.165, 1.54) is 6.07 Å². The lowest BCUT2D eigenvalue weighted by molar-refractivity contribution is -0.131. The van der Waals surface area contributed by atoms with E-state index in [0.717, 1.165) is 12.1 Å². The van der Waals surface area contributed by atoms with E-state index in [1.807, 2.05) is 6.92 Å². The largest absolute Gasteiger partial charge is 0.339 e. The van der Waals surface area contributed by atoms with Crippen LogP contribution < -0.4 is 0 Å². The van der Waals surface area contributed by atoms with Gasteiger partial charge in [0.1, 0.15) is 0 Å². The summed E-state index contributed by atoms with van der Waals surface area (Å²) < 4.78 is 25.7. The van der Waals surface area contributed by atoms with Gasteiger partial charge in [-0.05, 0) is 24.6 Å². The fourth-order valence-corrected chi connectivity index (χ4v) is 1.81. The van der Waals surface area contributed by atoms with Crippen molar-refractivity contribution in [1.82, 2.24) is 4.90 Å². The lowest BCUT2D eigenvalue weighted by atomic mass is 10.2. The van der Waals surface area contributed by atoms with Gasteiger partial charge in [-0.1, -0.05) is 22.0 Å². The van der Waals surface area contributed by atoms with Gasteiger partial charge in [0.25, 0.3) is 0 Å². The zero-order valence-electron chi connectivity index (χ0n) is 9.55. The van der Waals surface area contributed by atoms with E-state index in [0.29, 0.717) is 30.4 Å². The molecule has 1 aromatic carbocycles. The van der Waals surface area contributed by atoms with Crippen LogP contribution in [-0.2, 0) is 11.3 Å². The fourth-order valence-electron chi connectivity index (χ4n) is 1.47. The predicted octanol–water partition coefficient (Wildman–Crippen LogP) is 3.10. The molecule has 0 radical (unpaired) electrons. The molecule has 2 nitrogen and oxygen atoms in total. The Labute approximate surface area is 108 Å². The summed E-state index contributed by atoms with van der Waals surface area (Å²) >= 11 is 3.20. The highest BCUT2D eigenvalue weighted by atomic mass is 79.9. The first-order valence-corrected chi connectivity index (χ1v) is 6.48. The number of benzene rings is 1. The van der Waals surface area contributed by atoms with E-state index < -0.39 is 11.6 Å². The van der Waals surface area contributed by atoms with Gasteiger partial charge in [-0.25, -0.2) is 8.78 Å². The topological polar surface area (TPSA) is 20.3 Å². The third-order valence-corrected chi connectivity index (χ3v) is 2.80. The zero-order chi connectivity index (χ0) is 12.8. The first-order valence-electron chi connectivity index (χ1n) is 5.36. The van der Waals surface area contributed by atoms with Crippen LogP contribution in [0.15, 0.2) is 18.2 Å². The molecule has 94 valence electrons. The predicted molar refractivity (Wildman–Crippen MR) is 65.9 cm³/mol. The minimum absolute atomic E-state index is 0.00546. The molecule has 0 saturated carbocycles. The molecule has 0 atom stereocenters. The van der Waals surface area contributed by atoms with Gasteiger partial charge in [-0.2, -0.15) is 0 Å². The van der Waals surface area contributed by atoms with Crippen molar-refractivity contribution in [3.8, 4) is 0 Å². The number of amides is 1. The maximum atomic E-state index is 13.0. The monoisotopic (exact) mass is 305 g/mol. The van der Waals surface area contributed by atoms with Gasteiger partial charge >= 0.3 is 0 Å². The smallest absolute Gasteiger partial charge is 0.223 e. The fraction of sp³-hybridized carbons (Fsp3) is 0.417. The van der Waals surface area contributed by atoms with Gasteiger partial charge in [-0.3, -0.25) is 4.79 Å². The molecule has 0 aliphatic heterocycles. The molecule has 0 saturated heterocycles. The molecule has 1 rings (SSSR count). The molecule has 0 bridgehead atoms. The Morgan fingerprint density at radius 3 is 2.59 bits per heavy atom. The van der Waals surface area contributed by atoms with Gasteiger partial charge in [0, 0.05) is 24.8 Å². The summed E-state index contributed by atoms with van der Waals surface area (Å²) in [5.41, 5.74) is 0.591. The summed E-state index contributed by atoms with van der Waals surface area (Å²) in [5.74, 6) is -1.76. The number of alkyl halides is 1. The van der Waals surface area contributed by atoms with Crippen molar-refractivity contribution in [3.05, 3.63) is 35.4 Å². The lowest BCUT2D eigenvalue weighted by Gasteiger charge is -2.20. The zero-order valence-corrected chi connectivity index (χ0v) is 11.1. The molecule has 0 fully saturated rings.